The summed E-state index contributed by atoms with van der Waals surface area (Å²) in [6, 6.07) is 0. The van der Waals surface area contributed by atoms with Crippen LogP contribution < -0.4 is 16.0 Å². The molecule has 0 atom stereocenters. The van der Waals surface area contributed by atoms with Crippen LogP contribution in [0.2, 0.25) is 0 Å². The molecular weight excluding hydrogens is 414 g/mol. The van der Waals surface area contributed by atoms with Crippen LogP contribution in [-0.2, 0) is 9.53 Å². The van der Waals surface area contributed by atoms with E-state index in [1.54, 1.807) is 4.90 Å². The van der Waals surface area contributed by atoms with Gasteiger partial charge in [-0.2, -0.15) is 0 Å². The number of carbonyl (C=O) groups excluding carboxylic acids is 2. The van der Waals surface area contributed by atoms with Gasteiger partial charge in [-0.15, -0.1) is 17.0 Å². The summed E-state index contributed by atoms with van der Waals surface area (Å²) in [4.78, 5) is 28.4. The van der Waals surface area contributed by atoms with Crippen molar-refractivity contribution in [2.75, 3.05) is 46.3 Å². The van der Waals surface area contributed by atoms with Gasteiger partial charge in [0.25, 0.3) is 0 Å². The first-order valence-electron chi connectivity index (χ1n) is 8.70. The van der Waals surface area contributed by atoms with Gasteiger partial charge in [0.1, 0.15) is 11.4 Å². The fourth-order valence-electron chi connectivity index (χ4n) is 2.90. The van der Waals surface area contributed by atoms with Gasteiger partial charge in [-0.1, -0.05) is 14.9 Å². The summed E-state index contributed by atoms with van der Waals surface area (Å²) in [6.07, 6.45) is 1.15. The van der Waals surface area contributed by atoms with Crippen LogP contribution in [-0.4, -0.2) is 73.6 Å². The Labute approximate surface area is 175 Å². The number of carbonyl (C=O) groups is 2. The lowest BCUT2D eigenvalue weighted by Gasteiger charge is -2.34. The molecule has 27 heavy (non-hydrogen) atoms. The Morgan fingerprint density at radius 1 is 1.00 bits per heavy atom. The number of hydrogen-bond acceptors (Lipinski definition) is 7. The topological polar surface area (TPSA) is 85.9 Å². The lowest BCUT2D eigenvalue weighted by Crippen LogP contribution is -2.52. The molecule has 0 bridgehead atoms. The van der Waals surface area contributed by atoms with Gasteiger partial charge in [-0.3, -0.25) is 25.6 Å². The number of likely N-dealkylation sites (tertiary alicyclic amines) is 1. The molecule has 0 radical (unpaired) electrons. The van der Waals surface area contributed by atoms with Crippen LogP contribution in [0.5, 0.6) is 0 Å². The Hall–Kier alpha value is -0.740. The number of halogens is 1. The highest BCUT2D eigenvalue weighted by atomic mass is 79.9. The maximum atomic E-state index is 12.5. The van der Waals surface area contributed by atoms with E-state index in [9.17, 15) is 9.59 Å². The fraction of sp³-hybridized carbons (Fsp3) is 0.889. The van der Waals surface area contributed by atoms with E-state index in [2.05, 4.69) is 20.9 Å². The molecule has 3 N–H and O–H groups in total. The van der Waals surface area contributed by atoms with Gasteiger partial charge >= 0.3 is 6.09 Å². The maximum absolute atomic E-state index is 12.5. The smallest absolute Gasteiger partial charge is 0.410 e. The Morgan fingerprint density at radius 3 is 2.00 bits per heavy atom. The fourth-order valence-corrected chi connectivity index (χ4v) is 2.90. The van der Waals surface area contributed by atoms with Gasteiger partial charge in [0.15, 0.2) is 0 Å². The zero-order valence-corrected chi connectivity index (χ0v) is 17.2. The molecule has 0 saturated carbocycles. The van der Waals surface area contributed by atoms with Crippen LogP contribution in [0.1, 0.15) is 48.5 Å². The number of Topliss-reactive ketones (excluding diaryl/α,β-unsaturated/α-hetero) is 1. The Balaban J connectivity index is 0. The van der Waals surface area contributed by atoms with E-state index >= 15 is 0 Å². The van der Waals surface area contributed by atoms with E-state index in [0.717, 1.165) is 13.3 Å². The van der Waals surface area contributed by atoms with E-state index in [4.69, 9.17) is 4.74 Å². The molecule has 2 aliphatic heterocycles. The molecule has 0 spiro atoms. The van der Waals surface area contributed by atoms with Gasteiger partial charge in [-0.05, 0) is 33.6 Å². The number of ketones is 1. The first-order chi connectivity index (χ1) is 11.3. The number of nitrogens with one attached hydrogen (secondary N) is 3. The van der Waals surface area contributed by atoms with Crippen molar-refractivity contribution in [1.29, 1.82) is 0 Å². The minimum atomic E-state index is -0.482. The van der Waals surface area contributed by atoms with E-state index in [0.29, 0.717) is 45.8 Å². The minimum Gasteiger partial charge on any atom is -0.444 e. The molecule has 0 aromatic rings. The van der Waals surface area contributed by atoms with Crippen molar-refractivity contribution >= 4 is 28.9 Å². The molecule has 8 nitrogen and oxygen atoms in total. The van der Waals surface area contributed by atoms with Crippen LogP contribution in [0.25, 0.3) is 0 Å². The molecule has 9 heteroatoms. The van der Waals surface area contributed by atoms with Gasteiger partial charge in [0, 0.05) is 32.3 Å². The van der Waals surface area contributed by atoms with Crippen molar-refractivity contribution in [3.05, 3.63) is 0 Å². The number of piperidine rings is 1. The Kier molecular flexibility index (Phi) is 14.2. The summed E-state index contributed by atoms with van der Waals surface area (Å²) in [5, 5.41) is 9.66. The zero-order valence-electron chi connectivity index (χ0n) is 15.5. The first kappa shape index (κ1) is 28.5. The first-order valence-corrected chi connectivity index (χ1v) is 8.70. The molecule has 1 amide bonds. The van der Waals surface area contributed by atoms with E-state index in [1.807, 2.05) is 20.8 Å². The standard InChI is InChI=1S/C16H31N5O3.2CH4.BrH/c1-16(2,3)24-15(23)21-6-4-13(5-7-21)14(22)8-20-11-18-9-17-10-19-12-20;;;/h13,17-19H,4-12H2,1-3H3;2*1H4;1H. The SMILES string of the molecule is Br.C.C.CC(C)(C)OC(=O)N1CCC(C(=O)CN2CNCNCNC2)CC1. The van der Waals surface area contributed by atoms with Gasteiger partial charge in [0.05, 0.1) is 19.9 Å². The highest BCUT2D eigenvalue weighted by molar-refractivity contribution is 8.93. The summed E-state index contributed by atoms with van der Waals surface area (Å²) in [5.74, 6) is 0.295. The molecule has 0 aliphatic carbocycles. The van der Waals surface area contributed by atoms with Crippen LogP contribution >= 0.6 is 17.0 Å². The summed E-state index contributed by atoms with van der Waals surface area (Å²) >= 11 is 0. The van der Waals surface area contributed by atoms with Gasteiger partial charge < -0.3 is 9.64 Å². The molecule has 0 aromatic heterocycles. The summed E-state index contributed by atoms with van der Waals surface area (Å²) < 4.78 is 5.39. The summed E-state index contributed by atoms with van der Waals surface area (Å²) in [5.41, 5.74) is -0.482. The monoisotopic (exact) mass is 453 g/mol. The second-order valence-electron chi connectivity index (χ2n) is 7.46. The third-order valence-corrected chi connectivity index (χ3v) is 4.15. The van der Waals surface area contributed by atoms with E-state index in [1.165, 1.54) is 0 Å². The maximum Gasteiger partial charge on any atom is 0.410 e. The third kappa shape index (κ3) is 10.4. The van der Waals surface area contributed by atoms with Crippen LogP contribution in [0.3, 0.4) is 0 Å². The Morgan fingerprint density at radius 2 is 1.52 bits per heavy atom. The largest absolute Gasteiger partial charge is 0.444 e. The molecular formula is C18H40BrN5O3. The quantitative estimate of drug-likeness (QED) is 0.601. The highest BCUT2D eigenvalue weighted by Gasteiger charge is 2.30. The predicted molar refractivity (Wildman–Crippen MR) is 115 cm³/mol. The molecule has 2 aliphatic rings. The molecule has 2 rings (SSSR count). The van der Waals surface area contributed by atoms with Crippen molar-refractivity contribution < 1.29 is 14.3 Å². The van der Waals surface area contributed by atoms with Crippen molar-refractivity contribution in [2.24, 2.45) is 5.92 Å². The zero-order chi connectivity index (χ0) is 17.6. The van der Waals surface area contributed by atoms with Crippen molar-refractivity contribution in [3.63, 3.8) is 0 Å². The van der Waals surface area contributed by atoms with Crippen LogP contribution in [0.4, 0.5) is 4.79 Å². The van der Waals surface area contributed by atoms with Crippen molar-refractivity contribution in [3.8, 4) is 0 Å². The lowest BCUT2D eigenvalue weighted by molar-refractivity contribution is -0.125. The van der Waals surface area contributed by atoms with Crippen LogP contribution in [0, 0.1) is 5.92 Å². The molecule has 2 fully saturated rings. The van der Waals surface area contributed by atoms with E-state index < -0.39 is 5.60 Å². The second kappa shape index (κ2) is 13.4. The summed E-state index contributed by atoms with van der Waals surface area (Å²) in [7, 11) is 0. The molecule has 0 aromatic carbocycles. The lowest BCUT2D eigenvalue weighted by atomic mass is 9.92. The number of amides is 1. The van der Waals surface area contributed by atoms with Gasteiger partial charge in [-0.25, -0.2) is 4.79 Å². The average molecular weight is 454 g/mol. The number of ether oxygens (including phenoxy) is 1. The second-order valence-corrected chi connectivity index (χ2v) is 7.46. The number of nitrogens with zero attached hydrogens (tertiary/aromatic N) is 2. The van der Waals surface area contributed by atoms with Gasteiger partial charge in [0.2, 0.25) is 0 Å². The molecule has 0 unspecified atom stereocenters. The highest BCUT2D eigenvalue weighted by Crippen LogP contribution is 2.20. The molecule has 2 heterocycles. The summed E-state index contributed by atoms with van der Waals surface area (Å²) in [6.45, 7) is 10.0. The Bertz CT molecular complexity index is 429. The molecule has 2 saturated heterocycles. The van der Waals surface area contributed by atoms with E-state index in [-0.39, 0.29) is 49.6 Å². The number of hydrogen-bond donors (Lipinski definition) is 3. The number of rotatable bonds is 3. The minimum absolute atomic E-state index is 0. The normalized spacial score (nSPS) is 19.4. The molecule has 162 valence electrons. The third-order valence-electron chi connectivity index (χ3n) is 4.15. The van der Waals surface area contributed by atoms with Crippen LogP contribution in [0.15, 0.2) is 0 Å². The predicted octanol–water partition coefficient (Wildman–Crippen LogP) is 1.97. The van der Waals surface area contributed by atoms with Crippen molar-refractivity contribution in [2.45, 2.75) is 54.1 Å². The average Bonchev–Trinajstić information content (AvgIpc) is 2.48. The van der Waals surface area contributed by atoms with Crippen molar-refractivity contribution in [1.82, 2.24) is 25.8 Å².